The molecule has 68 heavy (non-hydrogen) atoms. The molecular formula is C64H54N4. The zero-order chi connectivity index (χ0) is 46.4. The van der Waals surface area contributed by atoms with Crippen molar-refractivity contribution in [3.05, 3.63) is 265 Å². The Morgan fingerprint density at radius 3 is 0.926 bits per heavy atom. The zero-order valence-electron chi connectivity index (χ0n) is 39.0. The van der Waals surface area contributed by atoms with Crippen LogP contribution in [-0.4, -0.2) is 0 Å². The zero-order valence-corrected chi connectivity index (χ0v) is 39.0. The van der Waals surface area contributed by atoms with Crippen LogP contribution >= 0.6 is 0 Å². The SMILES string of the molecule is Cc1ccc(N(c2ccc(C)cc2)c2ccc(Nc3ccc(-c4ccc(Nc5ccc(N(c6ccc(C)cc6)c6ccc(C)cc6)cc5)c(-c5ccccc5)c4-c4ccccc4)cc3)cc2)cc1. The van der Waals surface area contributed by atoms with Gasteiger partial charge in [-0.3, -0.25) is 0 Å². The summed E-state index contributed by atoms with van der Waals surface area (Å²) in [6.45, 7) is 8.50. The molecule has 10 aromatic carbocycles. The van der Waals surface area contributed by atoms with Crippen LogP contribution in [-0.2, 0) is 0 Å². The summed E-state index contributed by atoms with van der Waals surface area (Å²) < 4.78 is 0. The Morgan fingerprint density at radius 2 is 0.559 bits per heavy atom. The number of aryl methyl sites for hydroxylation is 4. The van der Waals surface area contributed by atoms with E-state index in [-0.39, 0.29) is 0 Å². The van der Waals surface area contributed by atoms with Gasteiger partial charge in [-0.25, -0.2) is 0 Å². The molecule has 2 N–H and O–H groups in total. The monoisotopic (exact) mass is 878 g/mol. The number of nitrogens with one attached hydrogen (secondary N) is 2. The van der Waals surface area contributed by atoms with Gasteiger partial charge in [-0.1, -0.05) is 150 Å². The third-order valence-electron chi connectivity index (χ3n) is 12.5. The summed E-state index contributed by atoms with van der Waals surface area (Å²) in [5, 5.41) is 7.52. The van der Waals surface area contributed by atoms with Gasteiger partial charge >= 0.3 is 0 Å². The van der Waals surface area contributed by atoms with Gasteiger partial charge in [0.2, 0.25) is 0 Å². The summed E-state index contributed by atoms with van der Waals surface area (Å²) >= 11 is 0. The summed E-state index contributed by atoms with van der Waals surface area (Å²) in [6, 6.07) is 87.1. The second kappa shape index (κ2) is 19.5. The Hall–Kier alpha value is -8.60. The van der Waals surface area contributed by atoms with Crippen molar-refractivity contribution in [1.29, 1.82) is 0 Å². The highest BCUT2D eigenvalue weighted by atomic mass is 15.1. The predicted octanol–water partition coefficient (Wildman–Crippen LogP) is 18.3. The lowest BCUT2D eigenvalue weighted by atomic mass is 9.86. The van der Waals surface area contributed by atoms with Crippen LogP contribution in [0.2, 0.25) is 0 Å². The van der Waals surface area contributed by atoms with Crippen LogP contribution in [0, 0.1) is 27.7 Å². The topological polar surface area (TPSA) is 30.5 Å². The molecule has 0 heterocycles. The van der Waals surface area contributed by atoms with Gasteiger partial charge in [0.25, 0.3) is 0 Å². The highest BCUT2D eigenvalue weighted by Crippen LogP contribution is 2.46. The molecule has 0 spiro atoms. The van der Waals surface area contributed by atoms with Crippen molar-refractivity contribution in [2.24, 2.45) is 0 Å². The second-order valence-corrected chi connectivity index (χ2v) is 17.6. The Kier molecular flexibility index (Phi) is 12.4. The van der Waals surface area contributed by atoms with Crippen LogP contribution in [0.1, 0.15) is 22.3 Å². The molecule has 4 heteroatoms. The van der Waals surface area contributed by atoms with Crippen LogP contribution in [0.3, 0.4) is 0 Å². The fraction of sp³-hybridized carbons (Fsp3) is 0.0625. The van der Waals surface area contributed by atoms with Gasteiger partial charge in [-0.05, 0) is 171 Å². The summed E-state index contributed by atoms with van der Waals surface area (Å²) in [7, 11) is 0. The number of hydrogen-bond donors (Lipinski definition) is 2. The molecule has 0 aliphatic rings. The van der Waals surface area contributed by atoms with Crippen LogP contribution in [0.25, 0.3) is 33.4 Å². The van der Waals surface area contributed by atoms with Crippen LogP contribution in [0.4, 0.5) is 56.9 Å². The molecule has 0 amide bonds. The molecule has 0 radical (unpaired) electrons. The predicted molar refractivity (Wildman–Crippen MR) is 291 cm³/mol. The molecule has 10 aromatic rings. The molecule has 0 aliphatic heterocycles. The molecule has 0 bridgehead atoms. The lowest BCUT2D eigenvalue weighted by Crippen LogP contribution is -2.10. The van der Waals surface area contributed by atoms with Crippen LogP contribution < -0.4 is 20.4 Å². The highest BCUT2D eigenvalue weighted by molar-refractivity contribution is 6.01. The lowest BCUT2D eigenvalue weighted by molar-refractivity contribution is 1.27. The second-order valence-electron chi connectivity index (χ2n) is 17.6. The van der Waals surface area contributed by atoms with E-state index in [0.29, 0.717) is 0 Å². The lowest BCUT2D eigenvalue weighted by Gasteiger charge is -2.26. The summed E-state index contributed by atoms with van der Waals surface area (Å²) in [5.41, 5.74) is 22.6. The van der Waals surface area contributed by atoms with Crippen molar-refractivity contribution in [1.82, 2.24) is 0 Å². The molecule has 0 atom stereocenters. The normalized spacial score (nSPS) is 10.9. The van der Waals surface area contributed by atoms with E-state index in [0.717, 1.165) is 84.7 Å². The third kappa shape index (κ3) is 9.53. The summed E-state index contributed by atoms with van der Waals surface area (Å²) in [4.78, 5) is 4.61. The van der Waals surface area contributed by atoms with Gasteiger partial charge in [-0.2, -0.15) is 0 Å². The van der Waals surface area contributed by atoms with E-state index in [9.17, 15) is 0 Å². The molecule has 0 aliphatic carbocycles. The van der Waals surface area contributed by atoms with E-state index in [1.54, 1.807) is 0 Å². The number of rotatable bonds is 13. The van der Waals surface area contributed by atoms with Crippen molar-refractivity contribution in [3.8, 4) is 33.4 Å². The van der Waals surface area contributed by atoms with Gasteiger partial charge < -0.3 is 20.4 Å². The van der Waals surface area contributed by atoms with Crippen molar-refractivity contribution in [3.63, 3.8) is 0 Å². The average Bonchev–Trinajstić information content (AvgIpc) is 3.38. The van der Waals surface area contributed by atoms with E-state index in [4.69, 9.17) is 0 Å². The average molecular weight is 879 g/mol. The van der Waals surface area contributed by atoms with Crippen molar-refractivity contribution in [2.75, 3.05) is 20.4 Å². The van der Waals surface area contributed by atoms with E-state index in [1.165, 1.54) is 27.8 Å². The van der Waals surface area contributed by atoms with E-state index >= 15 is 0 Å². The molecule has 0 unspecified atom stereocenters. The van der Waals surface area contributed by atoms with E-state index < -0.39 is 0 Å². The molecular weight excluding hydrogens is 825 g/mol. The third-order valence-corrected chi connectivity index (χ3v) is 12.5. The number of nitrogens with zero attached hydrogens (tertiary/aromatic N) is 2. The first-order chi connectivity index (χ1) is 33.3. The van der Waals surface area contributed by atoms with Crippen LogP contribution in [0.15, 0.2) is 243 Å². The van der Waals surface area contributed by atoms with Crippen molar-refractivity contribution < 1.29 is 0 Å². The van der Waals surface area contributed by atoms with Crippen molar-refractivity contribution in [2.45, 2.75) is 27.7 Å². The van der Waals surface area contributed by atoms with Gasteiger partial charge in [0.15, 0.2) is 0 Å². The Labute approximate surface area is 401 Å². The van der Waals surface area contributed by atoms with E-state index in [1.807, 2.05) is 0 Å². The van der Waals surface area contributed by atoms with Gasteiger partial charge in [0.1, 0.15) is 0 Å². The summed E-state index contributed by atoms with van der Waals surface area (Å²) in [6.07, 6.45) is 0. The Morgan fingerprint density at radius 1 is 0.250 bits per heavy atom. The standard InChI is InChI=1S/C64H54N4/c1-45-15-31-55(32-16-45)67(56-33-17-46(2)18-34-56)59-39-27-53(28-40-59)65-52-25-23-49(24-26-52)61-43-44-62(64(51-13-9-6-10-14-51)63(61)50-11-7-5-8-12-50)66-54-29-41-60(42-30-54)68(57-35-19-47(3)20-36-57)58-37-21-48(4)22-38-58/h5-44,65-66H,1-4H3. The Bertz CT molecular complexity index is 3150. The van der Waals surface area contributed by atoms with Gasteiger partial charge in [0, 0.05) is 62.4 Å². The first-order valence-corrected chi connectivity index (χ1v) is 23.3. The molecule has 4 nitrogen and oxygen atoms in total. The van der Waals surface area contributed by atoms with Crippen molar-refractivity contribution >= 4 is 56.9 Å². The number of anilines is 10. The fourth-order valence-corrected chi connectivity index (χ4v) is 8.87. The minimum atomic E-state index is 1.01. The molecule has 330 valence electrons. The number of hydrogen-bond acceptors (Lipinski definition) is 4. The minimum absolute atomic E-state index is 1.01. The van der Waals surface area contributed by atoms with Crippen LogP contribution in [0.5, 0.6) is 0 Å². The first kappa shape index (κ1) is 43.3. The Balaban J connectivity index is 0.961. The summed E-state index contributed by atoms with van der Waals surface area (Å²) in [5.74, 6) is 0. The molecule has 10 rings (SSSR count). The fourth-order valence-electron chi connectivity index (χ4n) is 8.87. The molecule has 0 saturated heterocycles. The molecule has 0 fully saturated rings. The maximum Gasteiger partial charge on any atom is 0.0470 e. The minimum Gasteiger partial charge on any atom is -0.356 e. The molecule has 0 aromatic heterocycles. The van der Waals surface area contributed by atoms with Gasteiger partial charge in [-0.15, -0.1) is 0 Å². The number of benzene rings is 10. The van der Waals surface area contributed by atoms with E-state index in [2.05, 4.69) is 291 Å². The van der Waals surface area contributed by atoms with Gasteiger partial charge in [0.05, 0.1) is 0 Å². The maximum atomic E-state index is 3.86. The largest absolute Gasteiger partial charge is 0.356 e. The molecule has 0 saturated carbocycles. The maximum absolute atomic E-state index is 3.86. The quantitative estimate of drug-likeness (QED) is 0.121. The smallest absolute Gasteiger partial charge is 0.0470 e. The first-order valence-electron chi connectivity index (χ1n) is 23.3. The highest BCUT2D eigenvalue weighted by Gasteiger charge is 2.20.